The van der Waals surface area contributed by atoms with E-state index in [1.165, 1.54) is 0 Å². The molecule has 0 aliphatic rings. The molecule has 0 aromatic heterocycles. The summed E-state index contributed by atoms with van der Waals surface area (Å²) < 4.78 is 40.8. The maximum Gasteiger partial charge on any atom is 0.335 e. The number of phenolic OH excluding ortho intramolecular Hbond substituents is 1. The number of carbonyl (C=O) groups is 2. The quantitative estimate of drug-likeness (QED) is 0.852. The SMILES string of the molecule is O=C(O)c1ccc(CC(=O)c2c(F)cc(O)cc2F)c(F)c1. The number of phenols is 1. The van der Waals surface area contributed by atoms with Crippen LogP contribution in [-0.4, -0.2) is 22.0 Å². The van der Waals surface area contributed by atoms with Gasteiger partial charge in [-0.05, 0) is 17.7 Å². The van der Waals surface area contributed by atoms with Gasteiger partial charge < -0.3 is 10.2 Å². The van der Waals surface area contributed by atoms with Gasteiger partial charge in [0.05, 0.1) is 11.1 Å². The molecule has 0 aliphatic heterocycles. The van der Waals surface area contributed by atoms with Gasteiger partial charge in [-0.2, -0.15) is 0 Å². The molecule has 2 rings (SSSR count). The standard InChI is InChI=1S/C15H9F3O4/c16-10-3-8(15(21)22)2-1-7(10)4-13(20)14-11(17)5-9(19)6-12(14)18/h1-3,5-6,19H,4H2,(H,21,22). The fourth-order valence-corrected chi connectivity index (χ4v) is 1.91. The van der Waals surface area contributed by atoms with Crippen LogP contribution in [0.2, 0.25) is 0 Å². The summed E-state index contributed by atoms with van der Waals surface area (Å²) in [5.41, 5.74) is -1.39. The second-order valence-corrected chi connectivity index (χ2v) is 4.50. The third-order valence-electron chi connectivity index (χ3n) is 2.96. The highest BCUT2D eigenvalue weighted by atomic mass is 19.1. The van der Waals surface area contributed by atoms with E-state index in [2.05, 4.69) is 0 Å². The molecule has 0 radical (unpaired) electrons. The Morgan fingerprint density at radius 1 is 0.955 bits per heavy atom. The van der Waals surface area contributed by atoms with E-state index < -0.39 is 46.9 Å². The van der Waals surface area contributed by atoms with Crippen molar-refractivity contribution in [2.24, 2.45) is 0 Å². The third-order valence-corrected chi connectivity index (χ3v) is 2.96. The van der Waals surface area contributed by atoms with Gasteiger partial charge in [0.2, 0.25) is 0 Å². The van der Waals surface area contributed by atoms with E-state index >= 15 is 0 Å². The third kappa shape index (κ3) is 3.08. The first-order valence-corrected chi connectivity index (χ1v) is 6.02. The summed E-state index contributed by atoms with van der Waals surface area (Å²) in [6, 6.07) is 4.00. The minimum Gasteiger partial charge on any atom is -0.508 e. The van der Waals surface area contributed by atoms with Crippen molar-refractivity contribution in [3.05, 3.63) is 64.5 Å². The lowest BCUT2D eigenvalue weighted by Gasteiger charge is -2.07. The monoisotopic (exact) mass is 310 g/mol. The number of carboxylic acids is 1. The highest BCUT2D eigenvalue weighted by molar-refractivity contribution is 5.98. The zero-order valence-corrected chi connectivity index (χ0v) is 10.9. The summed E-state index contributed by atoms with van der Waals surface area (Å²) in [5, 5.41) is 17.7. The lowest BCUT2D eigenvalue weighted by molar-refractivity contribution is 0.0696. The van der Waals surface area contributed by atoms with E-state index in [4.69, 9.17) is 10.2 Å². The first-order chi connectivity index (χ1) is 10.3. The lowest BCUT2D eigenvalue weighted by Crippen LogP contribution is -2.10. The van der Waals surface area contributed by atoms with Crippen molar-refractivity contribution in [3.8, 4) is 5.75 Å². The molecule has 2 aromatic rings. The molecule has 0 unspecified atom stereocenters. The number of aromatic hydroxyl groups is 1. The Labute approximate surface area is 122 Å². The average molecular weight is 310 g/mol. The lowest BCUT2D eigenvalue weighted by atomic mass is 10.0. The van der Waals surface area contributed by atoms with Crippen LogP contribution < -0.4 is 0 Å². The Morgan fingerprint density at radius 3 is 2.05 bits per heavy atom. The maximum atomic E-state index is 13.7. The van der Waals surface area contributed by atoms with Crippen LogP contribution in [0.1, 0.15) is 26.3 Å². The predicted molar refractivity (Wildman–Crippen MR) is 69.4 cm³/mol. The van der Waals surface area contributed by atoms with Gasteiger partial charge in [0.25, 0.3) is 0 Å². The number of hydrogen-bond acceptors (Lipinski definition) is 3. The molecule has 0 saturated heterocycles. The summed E-state index contributed by atoms with van der Waals surface area (Å²) in [4.78, 5) is 22.6. The summed E-state index contributed by atoms with van der Waals surface area (Å²) in [7, 11) is 0. The molecule has 2 aromatic carbocycles. The van der Waals surface area contributed by atoms with Crippen LogP contribution in [0, 0.1) is 17.5 Å². The molecule has 114 valence electrons. The van der Waals surface area contributed by atoms with E-state index in [9.17, 15) is 22.8 Å². The van der Waals surface area contributed by atoms with Gasteiger partial charge in [-0.25, -0.2) is 18.0 Å². The summed E-state index contributed by atoms with van der Waals surface area (Å²) in [5.74, 6) is -6.53. The summed E-state index contributed by atoms with van der Waals surface area (Å²) >= 11 is 0. The molecule has 7 heteroatoms. The van der Waals surface area contributed by atoms with Crippen molar-refractivity contribution < 1.29 is 33.0 Å². The van der Waals surface area contributed by atoms with Crippen molar-refractivity contribution in [1.82, 2.24) is 0 Å². The fraction of sp³-hybridized carbons (Fsp3) is 0.0667. The number of hydrogen-bond donors (Lipinski definition) is 2. The van der Waals surface area contributed by atoms with Gasteiger partial charge in [-0.3, -0.25) is 4.79 Å². The molecule has 0 atom stereocenters. The van der Waals surface area contributed by atoms with Crippen molar-refractivity contribution >= 4 is 11.8 Å². The molecule has 22 heavy (non-hydrogen) atoms. The zero-order chi connectivity index (χ0) is 16.4. The molecule has 0 saturated carbocycles. The van der Waals surface area contributed by atoms with Gasteiger partial charge in [0.1, 0.15) is 23.2 Å². The number of halogens is 3. The fourth-order valence-electron chi connectivity index (χ4n) is 1.91. The van der Waals surface area contributed by atoms with E-state index in [0.29, 0.717) is 18.2 Å². The highest BCUT2D eigenvalue weighted by Gasteiger charge is 2.20. The molecule has 4 nitrogen and oxygen atoms in total. The first-order valence-electron chi connectivity index (χ1n) is 6.02. The molecule has 0 spiro atoms. The van der Waals surface area contributed by atoms with Crippen LogP contribution in [0.15, 0.2) is 30.3 Å². The Bertz CT molecular complexity index is 748. The van der Waals surface area contributed by atoms with Crippen LogP contribution in [-0.2, 0) is 6.42 Å². The van der Waals surface area contributed by atoms with E-state index in [1.54, 1.807) is 0 Å². The zero-order valence-electron chi connectivity index (χ0n) is 10.9. The highest BCUT2D eigenvalue weighted by Crippen LogP contribution is 2.22. The molecular formula is C15H9F3O4. The number of benzene rings is 2. The Hall–Kier alpha value is -2.83. The van der Waals surface area contributed by atoms with Crippen LogP contribution in [0.5, 0.6) is 5.75 Å². The smallest absolute Gasteiger partial charge is 0.335 e. The summed E-state index contributed by atoms with van der Waals surface area (Å²) in [6.45, 7) is 0. The number of carboxylic acid groups (broad SMARTS) is 1. The number of rotatable bonds is 4. The molecule has 0 fully saturated rings. The van der Waals surface area contributed by atoms with E-state index in [1.807, 2.05) is 0 Å². The minimum atomic E-state index is -1.34. The van der Waals surface area contributed by atoms with Gasteiger partial charge >= 0.3 is 5.97 Å². The van der Waals surface area contributed by atoms with Gasteiger partial charge in [0, 0.05) is 18.6 Å². The minimum absolute atomic E-state index is 0.193. The van der Waals surface area contributed by atoms with Crippen molar-refractivity contribution in [3.63, 3.8) is 0 Å². The second kappa shape index (κ2) is 5.88. The molecule has 0 heterocycles. The second-order valence-electron chi connectivity index (χ2n) is 4.50. The molecule has 0 amide bonds. The van der Waals surface area contributed by atoms with Crippen molar-refractivity contribution in [2.75, 3.05) is 0 Å². The van der Waals surface area contributed by atoms with Crippen LogP contribution in [0.25, 0.3) is 0 Å². The number of ketones is 1. The first kappa shape index (κ1) is 15.6. The molecular weight excluding hydrogens is 301 g/mol. The topological polar surface area (TPSA) is 74.6 Å². The van der Waals surface area contributed by atoms with Gasteiger partial charge in [-0.1, -0.05) is 6.07 Å². The van der Waals surface area contributed by atoms with Gasteiger partial charge in [0.15, 0.2) is 5.78 Å². The Kier molecular flexibility index (Phi) is 4.16. The van der Waals surface area contributed by atoms with Crippen LogP contribution >= 0.6 is 0 Å². The number of carbonyl (C=O) groups excluding carboxylic acids is 1. The van der Waals surface area contributed by atoms with Crippen molar-refractivity contribution in [1.29, 1.82) is 0 Å². The van der Waals surface area contributed by atoms with Crippen LogP contribution in [0.3, 0.4) is 0 Å². The molecule has 2 N–H and O–H groups in total. The van der Waals surface area contributed by atoms with Crippen molar-refractivity contribution in [2.45, 2.75) is 6.42 Å². The Balaban J connectivity index is 2.32. The predicted octanol–water partition coefficient (Wildman–Crippen LogP) is 2.93. The van der Waals surface area contributed by atoms with E-state index in [-0.39, 0.29) is 11.1 Å². The Morgan fingerprint density at radius 2 is 1.55 bits per heavy atom. The molecule has 0 aliphatic carbocycles. The van der Waals surface area contributed by atoms with E-state index in [0.717, 1.165) is 12.1 Å². The number of aromatic carboxylic acids is 1. The molecule has 0 bridgehead atoms. The largest absolute Gasteiger partial charge is 0.508 e. The van der Waals surface area contributed by atoms with Gasteiger partial charge in [-0.15, -0.1) is 0 Å². The number of Topliss-reactive ketones (excluding diaryl/α,β-unsaturated/α-hetero) is 1. The normalized spacial score (nSPS) is 10.5. The summed E-state index contributed by atoms with van der Waals surface area (Å²) in [6.07, 6.45) is -0.648. The maximum absolute atomic E-state index is 13.7. The van der Waals surface area contributed by atoms with Crippen LogP contribution in [0.4, 0.5) is 13.2 Å². The average Bonchev–Trinajstić information content (AvgIpc) is 2.39.